The molecule has 0 aliphatic carbocycles. The van der Waals surface area contributed by atoms with Crippen molar-refractivity contribution in [1.29, 1.82) is 0 Å². The van der Waals surface area contributed by atoms with Gasteiger partial charge in [0.05, 0.1) is 6.61 Å². The molecule has 9 nitrogen and oxygen atoms in total. The number of rotatable bonds is 9. The SMILES string of the molecule is CCCOc1nc(Sc2nccs2)nc2oc(-c3cc(C)c(OCC(=O)O)c(C)c3)nc12. The number of oxazole rings is 1. The van der Waals surface area contributed by atoms with Gasteiger partial charge < -0.3 is 19.0 Å². The summed E-state index contributed by atoms with van der Waals surface area (Å²) >= 11 is 2.82. The summed E-state index contributed by atoms with van der Waals surface area (Å²) in [6, 6.07) is 3.67. The third-order valence-electron chi connectivity index (χ3n) is 4.28. The number of ether oxygens (including phenoxy) is 2. The highest BCUT2D eigenvalue weighted by molar-refractivity contribution is 8.00. The Bertz CT molecular complexity index is 1230. The highest BCUT2D eigenvalue weighted by atomic mass is 32.2. The number of hydrogen-bond donors (Lipinski definition) is 1. The van der Waals surface area contributed by atoms with Crippen LogP contribution in [-0.4, -0.2) is 44.2 Å². The second kappa shape index (κ2) is 9.53. The van der Waals surface area contributed by atoms with Crippen LogP contribution >= 0.6 is 23.1 Å². The number of carbonyl (C=O) groups is 1. The van der Waals surface area contributed by atoms with E-state index in [9.17, 15) is 4.79 Å². The largest absolute Gasteiger partial charge is 0.481 e. The van der Waals surface area contributed by atoms with Gasteiger partial charge in [0.15, 0.2) is 16.5 Å². The Morgan fingerprint density at radius 3 is 2.62 bits per heavy atom. The summed E-state index contributed by atoms with van der Waals surface area (Å²) in [5.74, 6) is 0.224. The maximum Gasteiger partial charge on any atom is 0.341 e. The summed E-state index contributed by atoms with van der Waals surface area (Å²) in [4.78, 5) is 28.7. The lowest BCUT2D eigenvalue weighted by Gasteiger charge is -2.11. The summed E-state index contributed by atoms with van der Waals surface area (Å²) in [7, 11) is 0. The fourth-order valence-electron chi connectivity index (χ4n) is 3.02. The van der Waals surface area contributed by atoms with Crippen molar-refractivity contribution < 1.29 is 23.8 Å². The number of carboxylic acid groups (broad SMARTS) is 1. The van der Waals surface area contributed by atoms with Gasteiger partial charge in [0, 0.05) is 17.1 Å². The van der Waals surface area contributed by atoms with E-state index in [-0.39, 0.29) is 0 Å². The van der Waals surface area contributed by atoms with Crippen molar-refractivity contribution in [3.05, 3.63) is 34.8 Å². The van der Waals surface area contributed by atoms with E-state index >= 15 is 0 Å². The molecule has 0 bridgehead atoms. The number of hydrogen-bond acceptors (Lipinski definition) is 10. The molecule has 0 unspecified atom stereocenters. The molecule has 32 heavy (non-hydrogen) atoms. The standard InChI is InChI=1S/C21H20N4O5S2/c1-4-6-28-18-15-19(25-20(24-18)32-21-22-5-7-31-21)30-17(23-15)13-8-11(2)16(12(3)9-13)29-10-14(26)27/h5,7-9H,4,6,10H2,1-3H3,(H,26,27). The third kappa shape index (κ3) is 4.83. The second-order valence-electron chi connectivity index (χ2n) is 6.85. The molecule has 0 radical (unpaired) electrons. The molecule has 4 aromatic rings. The summed E-state index contributed by atoms with van der Waals surface area (Å²) in [6.45, 7) is 5.78. The Morgan fingerprint density at radius 2 is 1.97 bits per heavy atom. The van der Waals surface area contributed by atoms with Crippen molar-refractivity contribution in [2.45, 2.75) is 36.7 Å². The van der Waals surface area contributed by atoms with E-state index in [4.69, 9.17) is 19.0 Å². The van der Waals surface area contributed by atoms with Crippen LogP contribution in [0.5, 0.6) is 11.6 Å². The monoisotopic (exact) mass is 472 g/mol. The topological polar surface area (TPSA) is 120 Å². The van der Waals surface area contributed by atoms with E-state index < -0.39 is 12.6 Å². The number of aryl methyl sites for hydroxylation is 2. The molecule has 4 rings (SSSR count). The minimum absolute atomic E-state index is 0.321. The van der Waals surface area contributed by atoms with Crippen molar-refractivity contribution in [2.24, 2.45) is 0 Å². The molecule has 0 saturated heterocycles. The zero-order valence-corrected chi connectivity index (χ0v) is 19.2. The van der Waals surface area contributed by atoms with Gasteiger partial charge in [0.2, 0.25) is 16.9 Å². The Labute approximate surface area is 191 Å². The quantitative estimate of drug-likeness (QED) is 0.341. The molecule has 1 aromatic carbocycles. The number of thiazole rings is 1. The first-order chi connectivity index (χ1) is 15.4. The fourth-order valence-corrected chi connectivity index (χ4v) is 4.49. The highest BCUT2D eigenvalue weighted by Gasteiger charge is 2.20. The zero-order chi connectivity index (χ0) is 22.7. The molecule has 3 heterocycles. The van der Waals surface area contributed by atoms with Crippen LogP contribution in [0.1, 0.15) is 24.5 Å². The lowest BCUT2D eigenvalue weighted by Crippen LogP contribution is -2.10. The number of aliphatic carboxylic acids is 1. The Kier molecular flexibility index (Phi) is 6.56. The number of benzene rings is 1. The maximum atomic E-state index is 10.8. The normalized spacial score (nSPS) is 11.1. The molecule has 0 saturated carbocycles. The molecule has 0 aliphatic heterocycles. The predicted octanol–water partition coefficient (Wildman–Crippen LogP) is 4.76. The lowest BCUT2D eigenvalue weighted by atomic mass is 10.1. The zero-order valence-electron chi connectivity index (χ0n) is 17.6. The Hall–Kier alpha value is -3.18. The molecule has 0 spiro atoms. The number of carboxylic acids is 1. The van der Waals surface area contributed by atoms with Crippen LogP contribution in [0.15, 0.2) is 37.6 Å². The number of nitrogens with zero attached hydrogens (tertiary/aromatic N) is 4. The van der Waals surface area contributed by atoms with E-state index in [0.29, 0.717) is 40.5 Å². The van der Waals surface area contributed by atoms with E-state index in [1.165, 1.54) is 23.1 Å². The molecule has 0 atom stereocenters. The Morgan fingerprint density at radius 1 is 1.19 bits per heavy atom. The van der Waals surface area contributed by atoms with Gasteiger partial charge in [-0.2, -0.15) is 9.97 Å². The van der Waals surface area contributed by atoms with Crippen molar-refractivity contribution in [2.75, 3.05) is 13.2 Å². The van der Waals surface area contributed by atoms with Crippen molar-refractivity contribution in [1.82, 2.24) is 19.9 Å². The molecule has 0 aliphatic rings. The van der Waals surface area contributed by atoms with Gasteiger partial charge in [0.25, 0.3) is 5.71 Å². The smallest absolute Gasteiger partial charge is 0.341 e. The van der Waals surface area contributed by atoms with Gasteiger partial charge >= 0.3 is 5.97 Å². The molecule has 1 N–H and O–H groups in total. The molecular formula is C21H20N4O5S2. The molecule has 166 valence electrons. The van der Waals surface area contributed by atoms with Crippen LogP contribution in [0.3, 0.4) is 0 Å². The average Bonchev–Trinajstić information content (AvgIpc) is 3.41. The summed E-state index contributed by atoms with van der Waals surface area (Å²) in [6.07, 6.45) is 2.54. The van der Waals surface area contributed by atoms with Crippen LogP contribution in [-0.2, 0) is 4.79 Å². The minimum Gasteiger partial charge on any atom is -0.481 e. The van der Waals surface area contributed by atoms with Crippen molar-refractivity contribution >= 4 is 40.3 Å². The van der Waals surface area contributed by atoms with Crippen LogP contribution < -0.4 is 9.47 Å². The third-order valence-corrected chi connectivity index (χ3v) is 6.03. The lowest BCUT2D eigenvalue weighted by molar-refractivity contribution is -0.139. The number of aromatic nitrogens is 4. The van der Waals surface area contributed by atoms with Crippen LogP contribution in [0.4, 0.5) is 0 Å². The molecule has 0 amide bonds. The van der Waals surface area contributed by atoms with Gasteiger partial charge in [-0.25, -0.2) is 14.8 Å². The van der Waals surface area contributed by atoms with Gasteiger partial charge in [-0.1, -0.05) is 6.92 Å². The van der Waals surface area contributed by atoms with Crippen molar-refractivity contribution in [3.63, 3.8) is 0 Å². The summed E-state index contributed by atoms with van der Waals surface area (Å²) in [5, 5.41) is 11.2. The van der Waals surface area contributed by atoms with E-state index in [0.717, 1.165) is 27.5 Å². The molecule has 11 heteroatoms. The number of fused-ring (bicyclic) bond motifs is 1. The highest BCUT2D eigenvalue weighted by Crippen LogP contribution is 2.35. The summed E-state index contributed by atoms with van der Waals surface area (Å²) < 4.78 is 18.0. The predicted molar refractivity (Wildman–Crippen MR) is 120 cm³/mol. The summed E-state index contributed by atoms with van der Waals surface area (Å²) in [5.41, 5.74) is 3.03. The van der Waals surface area contributed by atoms with Gasteiger partial charge in [-0.05, 0) is 55.3 Å². The molecular weight excluding hydrogens is 452 g/mol. The molecule has 3 aromatic heterocycles. The van der Waals surface area contributed by atoms with E-state index in [1.807, 2.05) is 38.3 Å². The van der Waals surface area contributed by atoms with Crippen molar-refractivity contribution in [3.8, 4) is 23.1 Å². The van der Waals surface area contributed by atoms with E-state index in [2.05, 4.69) is 19.9 Å². The first kappa shape index (κ1) is 22.0. The maximum absolute atomic E-state index is 10.8. The van der Waals surface area contributed by atoms with Crippen LogP contribution in [0.2, 0.25) is 0 Å². The molecule has 0 fully saturated rings. The fraction of sp³-hybridized carbons (Fsp3) is 0.286. The van der Waals surface area contributed by atoms with Gasteiger partial charge in [0.1, 0.15) is 5.75 Å². The van der Waals surface area contributed by atoms with Gasteiger partial charge in [-0.3, -0.25) is 0 Å². The Balaban J connectivity index is 1.72. The van der Waals surface area contributed by atoms with Crippen LogP contribution in [0, 0.1) is 13.8 Å². The first-order valence-corrected chi connectivity index (χ1v) is 11.5. The average molecular weight is 473 g/mol. The van der Waals surface area contributed by atoms with Gasteiger partial charge in [-0.15, -0.1) is 11.3 Å². The van der Waals surface area contributed by atoms with E-state index in [1.54, 1.807) is 6.20 Å². The second-order valence-corrected chi connectivity index (χ2v) is 8.96. The first-order valence-electron chi connectivity index (χ1n) is 9.79. The van der Waals surface area contributed by atoms with Crippen LogP contribution in [0.25, 0.3) is 22.7 Å². The minimum atomic E-state index is -1.03.